The van der Waals surface area contributed by atoms with E-state index in [1.807, 2.05) is 25.1 Å². The molecule has 3 heterocycles. The van der Waals surface area contributed by atoms with Crippen molar-refractivity contribution in [1.82, 2.24) is 9.97 Å². The molecule has 1 atom stereocenters. The largest absolute Gasteiger partial charge is 0.450 e. The molecule has 1 fully saturated rings. The quantitative estimate of drug-likeness (QED) is 0.674. The monoisotopic (exact) mass is 281 g/mol. The molecular weight excluding hydrogens is 262 g/mol. The van der Waals surface area contributed by atoms with Crippen molar-refractivity contribution in [2.75, 3.05) is 11.4 Å². The fourth-order valence-corrected chi connectivity index (χ4v) is 3.29. The number of nitrogens with zero attached hydrogens (tertiary/aromatic N) is 3. The van der Waals surface area contributed by atoms with Crippen LogP contribution in [0.2, 0.25) is 0 Å². The Hall–Kier alpha value is -2.10. The van der Waals surface area contributed by atoms with E-state index in [1.54, 1.807) is 0 Å². The normalized spacial score (nSPS) is 19.5. The molecule has 1 aliphatic heterocycles. The van der Waals surface area contributed by atoms with Crippen molar-refractivity contribution < 1.29 is 4.42 Å². The molecule has 0 radical (unpaired) electrons. The summed E-state index contributed by atoms with van der Waals surface area (Å²) in [6.45, 7) is 5.27. The van der Waals surface area contributed by atoms with Crippen LogP contribution in [0.4, 0.5) is 5.82 Å². The highest BCUT2D eigenvalue weighted by Gasteiger charge is 2.24. The van der Waals surface area contributed by atoms with Crippen LogP contribution in [0, 0.1) is 6.92 Å². The molecule has 1 aliphatic rings. The van der Waals surface area contributed by atoms with E-state index >= 15 is 0 Å². The predicted octanol–water partition coefficient (Wildman–Crippen LogP) is 4.06. The van der Waals surface area contributed by atoms with Gasteiger partial charge in [-0.25, -0.2) is 9.97 Å². The van der Waals surface area contributed by atoms with Crippen LogP contribution in [0.1, 0.15) is 32.0 Å². The zero-order valence-electron chi connectivity index (χ0n) is 12.5. The van der Waals surface area contributed by atoms with Gasteiger partial charge < -0.3 is 9.32 Å². The first-order valence-electron chi connectivity index (χ1n) is 7.66. The van der Waals surface area contributed by atoms with Crippen LogP contribution >= 0.6 is 0 Å². The molecule has 4 heteroatoms. The van der Waals surface area contributed by atoms with E-state index in [1.165, 1.54) is 19.3 Å². The highest BCUT2D eigenvalue weighted by Crippen LogP contribution is 2.35. The summed E-state index contributed by atoms with van der Waals surface area (Å²) in [4.78, 5) is 11.7. The van der Waals surface area contributed by atoms with E-state index in [2.05, 4.69) is 22.9 Å². The molecule has 0 bridgehead atoms. The molecule has 2 aromatic heterocycles. The zero-order chi connectivity index (χ0) is 14.4. The smallest absolute Gasteiger partial charge is 0.196 e. The standard InChI is InChI=1S/C17H19N3O/c1-11-7-5-6-10-20(11)17-16-15(18-12(2)19-17)13-8-3-4-9-14(13)21-16/h3-4,8-9,11H,5-7,10H2,1-2H3/t11-/m0/s1. The van der Waals surface area contributed by atoms with Crippen LogP contribution in [-0.2, 0) is 0 Å². The summed E-state index contributed by atoms with van der Waals surface area (Å²) in [5.74, 6) is 1.77. The summed E-state index contributed by atoms with van der Waals surface area (Å²) < 4.78 is 6.07. The summed E-state index contributed by atoms with van der Waals surface area (Å²) in [7, 11) is 0. The van der Waals surface area contributed by atoms with Gasteiger partial charge in [-0.2, -0.15) is 0 Å². The molecule has 0 amide bonds. The number of fused-ring (bicyclic) bond motifs is 3. The van der Waals surface area contributed by atoms with Gasteiger partial charge in [0.05, 0.1) is 0 Å². The average Bonchev–Trinajstić information content (AvgIpc) is 2.86. The van der Waals surface area contributed by atoms with Crippen LogP contribution in [0.25, 0.3) is 22.1 Å². The Morgan fingerprint density at radius 3 is 2.90 bits per heavy atom. The number of benzene rings is 1. The van der Waals surface area contributed by atoms with Gasteiger partial charge in [0.15, 0.2) is 11.4 Å². The van der Waals surface area contributed by atoms with Gasteiger partial charge in [0.2, 0.25) is 0 Å². The van der Waals surface area contributed by atoms with E-state index in [-0.39, 0.29) is 0 Å². The van der Waals surface area contributed by atoms with Crippen LogP contribution in [0.15, 0.2) is 28.7 Å². The number of piperidine rings is 1. The zero-order valence-corrected chi connectivity index (χ0v) is 12.5. The van der Waals surface area contributed by atoms with Gasteiger partial charge in [-0.1, -0.05) is 12.1 Å². The van der Waals surface area contributed by atoms with Crippen LogP contribution < -0.4 is 4.90 Å². The van der Waals surface area contributed by atoms with Gasteiger partial charge in [0.25, 0.3) is 0 Å². The van der Waals surface area contributed by atoms with Crippen LogP contribution in [-0.4, -0.2) is 22.6 Å². The third kappa shape index (κ3) is 1.97. The van der Waals surface area contributed by atoms with E-state index in [9.17, 15) is 0 Å². The highest BCUT2D eigenvalue weighted by molar-refractivity contribution is 6.05. The first kappa shape index (κ1) is 12.6. The Morgan fingerprint density at radius 2 is 2.05 bits per heavy atom. The van der Waals surface area contributed by atoms with E-state index in [0.29, 0.717) is 6.04 Å². The van der Waals surface area contributed by atoms with Crippen molar-refractivity contribution in [3.63, 3.8) is 0 Å². The van der Waals surface area contributed by atoms with Gasteiger partial charge in [0, 0.05) is 18.0 Å². The highest BCUT2D eigenvalue weighted by atomic mass is 16.3. The third-order valence-corrected chi connectivity index (χ3v) is 4.39. The van der Waals surface area contributed by atoms with Gasteiger partial charge in [-0.3, -0.25) is 0 Å². The minimum absolute atomic E-state index is 0.504. The Labute approximate surface area is 123 Å². The number of para-hydroxylation sites is 1. The molecule has 1 aromatic carbocycles. The topological polar surface area (TPSA) is 42.2 Å². The molecule has 21 heavy (non-hydrogen) atoms. The first-order valence-corrected chi connectivity index (χ1v) is 7.66. The van der Waals surface area contributed by atoms with Crippen molar-refractivity contribution in [3.8, 4) is 0 Å². The van der Waals surface area contributed by atoms with Crippen molar-refractivity contribution in [3.05, 3.63) is 30.1 Å². The molecule has 4 nitrogen and oxygen atoms in total. The number of furan rings is 1. The number of hydrogen-bond acceptors (Lipinski definition) is 4. The molecule has 1 saturated heterocycles. The molecule has 0 N–H and O–H groups in total. The molecule has 0 unspecified atom stereocenters. The Bertz CT molecular complexity index is 808. The van der Waals surface area contributed by atoms with Gasteiger partial charge >= 0.3 is 0 Å². The van der Waals surface area contributed by atoms with Gasteiger partial charge in [-0.05, 0) is 45.2 Å². The van der Waals surface area contributed by atoms with Crippen molar-refractivity contribution in [1.29, 1.82) is 0 Å². The number of anilines is 1. The number of aryl methyl sites for hydroxylation is 1. The minimum Gasteiger partial charge on any atom is -0.450 e. The lowest BCUT2D eigenvalue weighted by Crippen LogP contribution is -2.38. The van der Waals surface area contributed by atoms with E-state index < -0.39 is 0 Å². The van der Waals surface area contributed by atoms with Gasteiger partial charge in [-0.15, -0.1) is 0 Å². The maximum Gasteiger partial charge on any atom is 0.196 e. The summed E-state index contributed by atoms with van der Waals surface area (Å²) in [5.41, 5.74) is 2.65. The molecule has 3 aromatic rings. The Kier molecular flexibility index (Phi) is 2.84. The SMILES string of the molecule is Cc1nc(N2CCCC[C@@H]2C)c2oc3ccccc3c2n1. The Balaban J connectivity index is 1.99. The van der Waals surface area contributed by atoms with Crippen molar-refractivity contribution >= 4 is 27.9 Å². The van der Waals surface area contributed by atoms with E-state index in [4.69, 9.17) is 9.40 Å². The first-order chi connectivity index (χ1) is 10.2. The second-order valence-corrected chi connectivity index (χ2v) is 5.91. The number of hydrogen-bond donors (Lipinski definition) is 0. The summed E-state index contributed by atoms with van der Waals surface area (Å²) in [5, 5.41) is 1.07. The van der Waals surface area contributed by atoms with Crippen LogP contribution in [0.5, 0.6) is 0 Å². The summed E-state index contributed by atoms with van der Waals surface area (Å²) in [6.07, 6.45) is 3.73. The Morgan fingerprint density at radius 1 is 1.19 bits per heavy atom. The minimum atomic E-state index is 0.504. The second kappa shape index (κ2) is 4.72. The molecular formula is C17H19N3O. The maximum atomic E-state index is 6.07. The molecule has 4 rings (SSSR count). The summed E-state index contributed by atoms with van der Waals surface area (Å²) in [6, 6.07) is 8.59. The lowest BCUT2D eigenvalue weighted by atomic mass is 10.0. The molecule has 0 spiro atoms. The fourth-order valence-electron chi connectivity index (χ4n) is 3.29. The van der Waals surface area contributed by atoms with E-state index in [0.717, 1.165) is 40.3 Å². The maximum absolute atomic E-state index is 6.07. The molecule has 108 valence electrons. The number of aromatic nitrogens is 2. The third-order valence-electron chi connectivity index (χ3n) is 4.39. The number of rotatable bonds is 1. The van der Waals surface area contributed by atoms with Crippen LogP contribution in [0.3, 0.4) is 0 Å². The summed E-state index contributed by atoms with van der Waals surface area (Å²) >= 11 is 0. The predicted molar refractivity (Wildman–Crippen MR) is 84.7 cm³/mol. The van der Waals surface area contributed by atoms with Crippen molar-refractivity contribution in [2.45, 2.75) is 39.2 Å². The average molecular weight is 281 g/mol. The molecule has 0 saturated carbocycles. The second-order valence-electron chi connectivity index (χ2n) is 5.91. The van der Waals surface area contributed by atoms with Gasteiger partial charge in [0.1, 0.15) is 16.9 Å². The lowest BCUT2D eigenvalue weighted by molar-refractivity contribution is 0.479. The van der Waals surface area contributed by atoms with Crippen molar-refractivity contribution in [2.24, 2.45) is 0 Å². The molecule has 0 aliphatic carbocycles. The fraction of sp³-hybridized carbons (Fsp3) is 0.412. The lowest BCUT2D eigenvalue weighted by Gasteiger charge is -2.34.